The quantitative estimate of drug-likeness (QED) is 0.787. The number of amides is 1. The Hall–Kier alpha value is -2.35. The van der Waals surface area contributed by atoms with E-state index in [1.54, 1.807) is 31.2 Å². The molecule has 0 heterocycles. The van der Waals surface area contributed by atoms with E-state index in [-0.39, 0.29) is 6.04 Å². The van der Waals surface area contributed by atoms with Crippen molar-refractivity contribution in [1.29, 1.82) is 5.26 Å². The zero-order valence-electron chi connectivity index (χ0n) is 10.2. The van der Waals surface area contributed by atoms with Crippen molar-refractivity contribution in [1.82, 2.24) is 5.32 Å². The number of carboxylic acid groups (broad SMARTS) is 1. The van der Waals surface area contributed by atoms with Gasteiger partial charge in [0.05, 0.1) is 17.7 Å². The van der Waals surface area contributed by atoms with Gasteiger partial charge in [0.1, 0.15) is 5.92 Å². The predicted octanol–water partition coefficient (Wildman–Crippen LogP) is 1.46. The minimum atomic E-state index is -1.15. The Morgan fingerprint density at radius 2 is 1.83 bits per heavy atom. The Bertz CT molecular complexity index is 488. The molecular weight excluding hydrogens is 232 g/mol. The van der Waals surface area contributed by atoms with Crippen LogP contribution in [0, 0.1) is 17.2 Å². The smallest absolute Gasteiger partial charge is 0.315 e. The van der Waals surface area contributed by atoms with Gasteiger partial charge in [-0.1, -0.05) is 12.1 Å². The fourth-order valence-corrected chi connectivity index (χ4v) is 1.38. The molecule has 0 aliphatic rings. The number of carbonyl (C=O) groups is 2. The lowest BCUT2D eigenvalue weighted by atomic mass is 10.1. The first-order valence-electron chi connectivity index (χ1n) is 5.49. The van der Waals surface area contributed by atoms with Gasteiger partial charge in [0.15, 0.2) is 0 Å². The van der Waals surface area contributed by atoms with Crippen molar-refractivity contribution in [2.24, 2.45) is 5.92 Å². The maximum Gasteiger partial charge on any atom is 0.315 e. The predicted molar refractivity (Wildman–Crippen MR) is 64.5 cm³/mol. The van der Waals surface area contributed by atoms with Gasteiger partial charge in [-0.05, 0) is 31.5 Å². The molecule has 1 aromatic rings. The minimum absolute atomic E-state index is 0.299. The van der Waals surface area contributed by atoms with Gasteiger partial charge in [-0.3, -0.25) is 9.59 Å². The topological polar surface area (TPSA) is 90.2 Å². The van der Waals surface area contributed by atoms with Crippen molar-refractivity contribution in [2.45, 2.75) is 19.9 Å². The Kier molecular flexibility index (Phi) is 4.44. The SMILES string of the molecule is CC(C(=O)O)C(=O)NC(C)c1ccc(C#N)cc1. The van der Waals surface area contributed by atoms with Gasteiger partial charge in [-0.15, -0.1) is 0 Å². The molecule has 1 rings (SSSR count). The second-order valence-corrected chi connectivity index (χ2v) is 4.02. The minimum Gasteiger partial charge on any atom is -0.481 e. The molecule has 0 saturated carbocycles. The molecule has 2 N–H and O–H groups in total. The fraction of sp³-hybridized carbons (Fsp3) is 0.308. The van der Waals surface area contributed by atoms with E-state index in [0.717, 1.165) is 5.56 Å². The summed E-state index contributed by atoms with van der Waals surface area (Å²) >= 11 is 0. The van der Waals surface area contributed by atoms with E-state index in [4.69, 9.17) is 10.4 Å². The number of benzene rings is 1. The number of hydrogen-bond donors (Lipinski definition) is 2. The molecule has 2 unspecified atom stereocenters. The van der Waals surface area contributed by atoms with Gasteiger partial charge in [0.25, 0.3) is 0 Å². The van der Waals surface area contributed by atoms with Crippen molar-refractivity contribution in [3.05, 3.63) is 35.4 Å². The lowest BCUT2D eigenvalue weighted by molar-refractivity contribution is -0.146. The number of nitrogens with zero attached hydrogens (tertiary/aromatic N) is 1. The maximum absolute atomic E-state index is 11.5. The summed E-state index contributed by atoms with van der Waals surface area (Å²) in [7, 11) is 0. The fourth-order valence-electron chi connectivity index (χ4n) is 1.38. The van der Waals surface area contributed by atoms with Crippen molar-refractivity contribution >= 4 is 11.9 Å². The molecule has 1 amide bonds. The zero-order chi connectivity index (χ0) is 13.7. The van der Waals surface area contributed by atoms with Crippen molar-refractivity contribution in [3.8, 4) is 6.07 Å². The molecule has 0 aliphatic heterocycles. The molecule has 5 heteroatoms. The summed E-state index contributed by atoms with van der Waals surface area (Å²) in [5.41, 5.74) is 1.36. The third-order valence-corrected chi connectivity index (χ3v) is 2.66. The van der Waals surface area contributed by atoms with Crippen molar-refractivity contribution in [3.63, 3.8) is 0 Å². The molecule has 0 radical (unpaired) electrons. The van der Waals surface area contributed by atoms with E-state index >= 15 is 0 Å². The molecule has 0 saturated heterocycles. The highest BCUT2D eigenvalue weighted by Gasteiger charge is 2.22. The highest BCUT2D eigenvalue weighted by molar-refractivity contribution is 5.96. The number of nitrogens with one attached hydrogen (secondary N) is 1. The maximum atomic E-state index is 11.5. The van der Waals surface area contributed by atoms with Gasteiger partial charge in [0, 0.05) is 0 Å². The molecule has 2 atom stereocenters. The third kappa shape index (κ3) is 3.32. The van der Waals surface area contributed by atoms with E-state index in [1.165, 1.54) is 6.92 Å². The summed E-state index contributed by atoms with van der Waals surface area (Å²) in [6.45, 7) is 3.09. The van der Waals surface area contributed by atoms with Crippen LogP contribution >= 0.6 is 0 Å². The van der Waals surface area contributed by atoms with Crippen LogP contribution in [0.3, 0.4) is 0 Å². The van der Waals surface area contributed by atoms with Crippen LogP contribution < -0.4 is 5.32 Å². The Morgan fingerprint density at radius 3 is 2.28 bits per heavy atom. The van der Waals surface area contributed by atoms with Gasteiger partial charge in [0.2, 0.25) is 5.91 Å². The van der Waals surface area contributed by atoms with Crippen molar-refractivity contribution in [2.75, 3.05) is 0 Å². The summed E-state index contributed by atoms with van der Waals surface area (Å²) in [4.78, 5) is 22.2. The van der Waals surface area contributed by atoms with Gasteiger partial charge in [-0.2, -0.15) is 5.26 Å². The largest absolute Gasteiger partial charge is 0.481 e. The van der Waals surface area contributed by atoms with Crippen LogP contribution in [0.2, 0.25) is 0 Å². The monoisotopic (exact) mass is 246 g/mol. The average molecular weight is 246 g/mol. The third-order valence-electron chi connectivity index (χ3n) is 2.66. The molecule has 0 aliphatic carbocycles. The lowest BCUT2D eigenvalue weighted by Gasteiger charge is -2.16. The van der Waals surface area contributed by atoms with Crippen molar-refractivity contribution < 1.29 is 14.7 Å². The molecule has 94 valence electrons. The van der Waals surface area contributed by atoms with Gasteiger partial charge in [-0.25, -0.2) is 0 Å². The average Bonchev–Trinajstić information content (AvgIpc) is 2.37. The highest BCUT2D eigenvalue weighted by Crippen LogP contribution is 2.13. The number of carboxylic acids is 1. The summed E-state index contributed by atoms with van der Waals surface area (Å²) in [6.07, 6.45) is 0. The van der Waals surface area contributed by atoms with E-state index in [1.807, 2.05) is 6.07 Å². The first kappa shape index (κ1) is 13.7. The van der Waals surface area contributed by atoms with E-state index in [2.05, 4.69) is 5.32 Å². The molecule has 18 heavy (non-hydrogen) atoms. The molecule has 0 aromatic heterocycles. The molecule has 0 spiro atoms. The standard InChI is InChI=1S/C13H14N2O3/c1-8(13(17)18)12(16)15-9(2)11-5-3-10(7-14)4-6-11/h3-6,8-9H,1-2H3,(H,15,16)(H,17,18). The van der Waals surface area contributed by atoms with E-state index < -0.39 is 17.8 Å². The zero-order valence-corrected chi connectivity index (χ0v) is 10.2. The normalized spacial score (nSPS) is 13.2. The molecular formula is C13H14N2O3. The molecule has 0 bridgehead atoms. The Morgan fingerprint density at radius 1 is 1.28 bits per heavy atom. The van der Waals surface area contributed by atoms with Gasteiger partial charge >= 0.3 is 5.97 Å². The summed E-state index contributed by atoms with van der Waals surface area (Å²) < 4.78 is 0. The first-order chi connectivity index (χ1) is 8.45. The van der Waals surface area contributed by atoms with Crippen LogP contribution in [-0.2, 0) is 9.59 Å². The Balaban J connectivity index is 2.70. The number of rotatable bonds is 4. The summed E-state index contributed by atoms with van der Waals surface area (Å²) in [5.74, 6) is -2.76. The molecule has 1 aromatic carbocycles. The van der Waals surface area contributed by atoms with Gasteiger partial charge < -0.3 is 10.4 Å². The molecule has 5 nitrogen and oxygen atoms in total. The number of nitriles is 1. The second kappa shape index (κ2) is 5.82. The van der Waals surface area contributed by atoms with Crippen LogP contribution in [0.15, 0.2) is 24.3 Å². The van der Waals surface area contributed by atoms with Crippen LogP contribution in [0.5, 0.6) is 0 Å². The first-order valence-corrected chi connectivity index (χ1v) is 5.49. The van der Waals surface area contributed by atoms with Crippen LogP contribution in [0.25, 0.3) is 0 Å². The van der Waals surface area contributed by atoms with E-state index in [0.29, 0.717) is 5.56 Å². The van der Waals surface area contributed by atoms with E-state index in [9.17, 15) is 9.59 Å². The highest BCUT2D eigenvalue weighted by atomic mass is 16.4. The van der Waals surface area contributed by atoms with Crippen LogP contribution in [0.4, 0.5) is 0 Å². The molecule has 0 fully saturated rings. The van der Waals surface area contributed by atoms with Crippen LogP contribution in [0.1, 0.15) is 31.0 Å². The second-order valence-electron chi connectivity index (χ2n) is 4.02. The summed E-state index contributed by atoms with van der Waals surface area (Å²) in [6, 6.07) is 8.47. The number of carbonyl (C=O) groups excluding carboxylic acids is 1. The Labute approximate surface area is 105 Å². The lowest BCUT2D eigenvalue weighted by Crippen LogP contribution is -2.35. The van der Waals surface area contributed by atoms with Crippen LogP contribution in [-0.4, -0.2) is 17.0 Å². The summed E-state index contributed by atoms with van der Waals surface area (Å²) in [5, 5.41) is 20.0. The number of hydrogen-bond acceptors (Lipinski definition) is 3. The number of aliphatic carboxylic acids is 1.